The van der Waals surface area contributed by atoms with Crippen LogP contribution in [0, 0.1) is 6.92 Å². The van der Waals surface area contributed by atoms with Crippen LogP contribution in [0.2, 0.25) is 0 Å². The minimum absolute atomic E-state index is 0.340. The van der Waals surface area contributed by atoms with Gasteiger partial charge in [-0.1, -0.05) is 5.16 Å². The van der Waals surface area contributed by atoms with Crippen LogP contribution in [0.25, 0.3) is 10.8 Å². The molecule has 1 saturated carbocycles. The maximum absolute atomic E-state index is 6.15. The number of nitrogens with zero attached hydrogens (tertiary/aromatic N) is 2. The van der Waals surface area contributed by atoms with Crippen molar-refractivity contribution in [2.75, 3.05) is 0 Å². The summed E-state index contributed by atoms with van der Waals surface area (Å²) in [5.41, 5.74) is 6.97. The quantitative estimate of drug-likeness (QED) is 0.868. The van der Waals surface area contributed by atoms with Gasteiger partial charge in [-0.25, -0.2) is 0 Å². The molecule has 5 heteroatoms. The van der Waals surface area contributed by atoms with Crippen LogP contribution in [0.3, 0.4) is 0 Å². The van der Waals surface area contributed by atoms with Crippen molar-refractivity contribution >= 4 is 11.3 Å². The van der Waals surface area contributed by atoms with E-state index in [-0.39, 0.29) is 5.54 Å². The number of thiophene rings is 1. The third-order valence-electron chi connectivity index (χ3n) is 3.17. The zero-order valence-corrected chi connectivity index (χ0v) is 9.88. The summed E-state index contributed by atoms with van der Waals surface area (Å²) in [5, 5.41) is 6.03. The highest BCUT2D eigenvalue weighted by Gasteiger charge is 2.39. The number of nitrogens with two attached hydrogens (primary N) is 1. The SMILES string of the molecule is Cc1ccsc1-c1nc(C2(N)CCC2)no1. The van der Waals surface area contributed by atoms with Gasteiger partial charge in [0, 0.05) is 0 Å². The van der Waals surface area contributed by atoms with Crippen LogP contribution in [-0.2, 0) is 5.54 Å². The van der Waals surface area contributed by atoms with E-state index in [1.165, 1.54) is 5.56 Å². The molecule has 84 valence electrons. The first-order valence-electron chi connectivity index (χ1n) is 5.37. The van der Waals surface area contributed by atoms with E-state index < -0.39 is 0 Å². The molecule has 1 fully saturated rings. The molecule has 2 aromatic rings. The molecule has 2 aromatic heterocycles. The topological polar surface area (TPSA) is 64.9 Å². The van der Waals surface area contributed by atoms with Crippen molar-refractivity contribution in [1.82, 2.24) is 10.1 Å². The number of hydrogen-bond donors (Lipinski definition) is 1. The molecule has 16 heavy (non-hydrogen) atoms. The lowest BCUT2D eigenvalue weighted by Crippen LogP contribution is -2.44. The van der Waals surface area contributed by atoms with Gasteiger partial charge in [-0.05, 0) is 43.2 Å². The van der Waals surface area contributed by atoms with Crippen molar-refractivity contribution in [1.29, 1.82) is 0 Å². The Bertz CT molecular complexity index is 513. The highest BCUT2D eigenvalue weighted by molar-refractivity contribution is 7.13. The van der Waals surface area contributed by atoms with Gasteiger partial charge in [0.2, 0.25) is 0 Å². The first-order chi connectivity index (χ1) is 7.69. The smallest absolute Gasteiger partial charge is 0.268 e. The van der Waals surface area contributed by atoms with Crippen LogP contribution in [0.4, 0.5) is 0 Å². The van der Waals surface area contributed by atoms with E-state index in [1.807, 2.05) is 18.4 Å². The third kappa shape index (κ3) is 1.39. The van der Waals surface area contributed by atoms with Gasteiger partial charge < -0.3 is 10.3 Å². The largest absolute Gasteiger partial charge is 0.333 e. The van der Waals surface area contributed by atoms with Crippen LogP contribution in [0.5, 0.6) is 0 Å². The molecule has 0 radical (unpaired) electrons. The van der Waals surface area contributed by atoms with Gasteiger partial charge in [0.05, 0.1) is 10.4 Å². The molecular weight excluding hydrogens is 222 g/mol. The lowest BCUT2D eigenvalue weighted by molar-refractivity contribution is 0.229. The van der Waals surface area contributed by atoms with Crippen LogP contribution < -0.4 is 5.73 Å². The second-order valence-electron chi connectivity index (χ2n) is 4.37. The second kappa shape index (κ2) is 3.40. The van der Waals surface area contributed by atoms with Crippen LogP contribution in [0.1, 0.15) is 30.7 Å². The molecule has 3 rings (SSSR count). The summed E-state index contributed by atoms with van der Waals surface area (Å²) in [6, 6.07) is 2.05. The number of hydrogen-bond acceptors (Lipinski definition) is 5. The van der Waals surface area contributed by atoms with Crippen LogP contribution in [-0.4, -0.2) is 10.1 Å². The Balaban J connectivity index is 1.97. The van der Waals surface area contributed by atoms with Crippen molar-refractivity contribution in [3.8, 4) is 10.8 Å². The van der Waals surface area contributed by atoms with Crippen molar-refractivity contribution in [2.45, 2.75) is 31.7 Å². The predicted octanol–water partition coefficient (Wildman–Crippen LogP) is 2.44. The van der Waals surface area contributed by atoms with Crippen LogP contribution in [0.15, 0.2) is 16.0 Å². The summed E-state index contributed by atoms with van der Waals surface area (Å²) >= 11 is 1.62. The summed E-state index contributed by atoms with van der Waals surface area (Å²) < 4.78 is 5.28. The first-order valence-corrected chi connectivity index (χ1v) is 6.24. The normalized spacial score (nSPS) is 18.4. The van der Waals surface area contributed by atoms with E-state index >= 15 is 0 Å². The fraction of sp³-hybridized carbons (Fsp3) is 0.455. The van der Waals surface area contributed by atoms with E-state index in [4.69, 9.17) is 10.3 Å². The Morgan fingerprint density at radius 3 is 2.88 bits per heavy atom. The molecule has 0 amide bonds. The van der Waals surface area contributed by atoms with E-state index in [1.54, 1.807) is 11.3 Å². The second-order valence-corrected chi connectivity index (χ2v) is 5.28. The van der Waals surface area contributed by atoms with Gasteiger partial charge in [0.25, 0.3) is 5.89 Å². The monoisotopic (exact) mass is 235 g/mol. The molecule has 0 bridgehead atoms. The van der Waals surface area contributed by atoms with E-state index in [9.17, 15) is 0 Å². The van der Waals surface area contributed by atoms with Gasteiger partial charge >= 0.3 is 0 Å². The fourth-order valence-corrected chi connectivity index (χ4v) is 2.74. The number of aromatic nitrogens is 2. The van der Waals surface area contributed by atoms with E-state index in [0.717, 1.165) is 24.1 Å². The molecule has 2 N–H and O–H groups in total. The van der Waals surface area contributed by atoms with Gasteiger partial charge in [-0.2, -0.15) is 4.98 Å². The number of rotatable bonds is 2. The zero-order valence-electron chi connectivity index (χ0n) is 9.06. The first kappa shape index (κ1) is 9.99. The maximum atomic E-state index is 6.15. The molecule has 4 nitrogen and oxygen atoms in total. The molecule has 0 unspecified atom stereocenters. The standard InChI is InChI=1S/C11H13N3OS/c1-7-3-6-16-8(7)9-13-10(14-15-9)11(12)4-2-5-11/h3,6H,2,4-5,12H2,1H3. The highest BCUT2D eigenvalue weighted by atomic mass is 32.1. The van der Waals surface area contributed by atoms with Crippen molar-refractivity contribution in [3.05, 3.63) is 22.8 Å². The van der Waals surface area contributed by atoms with E-state index in [0.29, 0.717) is 11.7 Å². The Labute approximate surface area is 97.5 Å². The van der Waals surface area contributed by atoms with Crippen LogP contribution >= 0.6 is 11.3 Å². The molecule has 1 aliphatic carbocycles. The van der Waals surface area contributed by atoms with Gasteiger partial charge in [0.15, 0.2) is 5.82 Å². The Morgan fingerprint density at radius 2 is 2.31 bits per heavy atom. The Kier molecular flexibility index (Phi) is 2.12. The summed E-state index contributed by atoms with van der Waals surface area (Å²) in [5.74, 6) is 1.25. The highest BCUT2D eigenvalue weighted by Crippen LogP contribution is 2.38. The molecule has 0 spiro atoms. The maximum Gasteiger partial charge on any atom is 0.268 e. The summed E-state index contributed by atoms with van der Waals surface area (Å²) in [7, 11) is 0. The lowest BCUT2D eigenvalue weighted by atomic mass is 9.77. The third-order valence-corrected chi connectivity index (χ3v) is 4.18. The summed E-state index contributed by atoms with van der Waals surface area (Å²) in [6.07, 6.45) is 3.06. The molecule has 0 aromatic carbocycles. The van der Waals surface area contributed by atoms with Crippen molar-refractivity contribution < 1.29 is 4.52 Å². The summed E-state index contributed by atoms with van der Waals surface area (Å²) in [4.78, 5) is 5.46. The van der Waals surface area contributed by atoms with Crippen molar-refractivity contribution in [2.24, 2.45) is 5.73 Å². The fourth-order valence-electron chi connectivity index (χ4n) is 1.89. The predicted molar refractivity (Wildman–Crippen MR) is 62.1 cm³/mol. The van der Waals surface area contributed by atoms with E-state index in [2.05, 4.69) is 10.1 Å². The van der Waals surface area contributed by atoms with Gasteiger partial charge in [-0.15, -0.1) is 11.3 Å². The number of aryl methyl sites for hydroxylation is 1. The zero-order chi connectivity index (χ0) is 11.2. The molecular formula is C11H13N3OS. The lowest BCUT2D eigenvalue weighted by Gasteiger charge is -2.34. The average Bonchev–Trinajstić information content (AvgIpc) is 2.82. The van der Waals surface area contributed by atoms with Crippen molar-refractivity contribution in [3.63, 3.8) is 0 Å². The molecule has 2 heterocycles. The minimum Gasteiger partial charge on any atom is -0.333 e. The summed E-state index contributed by atoms with van der Waals surface area (Å²) in [6.45, 7) is 2.04. The minimum atomic E-state index is -0.340. The van der Waals surface area contributed by atoms with Gasteiger partial charge in [-0.3, -0.25) is 0 Å². The Hall–Kier alpha value is -1.20. The molecule has 0 saturated heterocycles. The Morgan fingerprint density at radius 1 is 1.50 bits per heavy atom. The molecule has 0 atom stereocenters. The van der Waals surface area contributed by atoms with Gasteiger partial charge in [0.1, 0.15) is 0 Å². The molecule has 1 aliphatic rings. The molecule has 0 aliphatic heterocycles. The average molecular weight is 235 g/mol.